The summed E-state index contributed by atoms with van der Waals surface area (Å²) in [5.41, 5.74) is 4.21. The Bertz CT molecular complexity index is 392. The molecule has 0 fully saturated rings. The lowest BCUT2D eigenvalue weighted by Gasteiger charge is -2.22. The number of carbonyl (C=O) groups excluding carboxylic acids is 1. The molecule has 1 rings (SSSR count). The summed E-state index contributed by atoms with van der Waals surface area (Å²) in [4.78, 5) is 14.3. The van der Waals surface area contributed by atoms with Crippen LogP contribution in [-0.4, -0.2) is 29.2 Å². The molecule has 0 aliphatic heterocycles. The second kappa shape index (κ2) is 6.20. The Morgan fingerprint density at radius 2 is 1.76 bits per heavy atom. The van der Waals surface area contributed by atoms with Gasteiger partial charge >= 0.3 is 0 Å². The van der Waals surface area contributed by atoms with Crippen LogP contribution in [0.15, 0.2) is 12.1 Å². The number of hydrogen-bond donors (Lipinski definition) is 0. The molecule has 0 atom stereocenters. The molecule has 1 amide bonds. The Morgan fingerprint density at radius 3 is 2.18 bits per heavy atom. The Balaban J connectivity index is 3.11. The number of nitrogens with zero attached hydrogens (tertiary/aromatic N) is 1. The fourth-order valence-corrected chi connectivity index (χ4v) is 2.61. The van der Waals surface area contributed by atoms with E-state index in [-0.39, 0.29) is 5.91 Å². The zero-order valence-electron chi connectivity index (χ0n) is 11.0. The molecule has 0 saturated heterocycles. The van der Waals surface area contributed by atoms with E-state index in [2.05, 4.69) is 35.0 Å². The van der Waals surface area contributed by atoms with Gasteiger partial charge in [0.25, 0.3) is 5.91 Å². The highest BCUT2D eigenvalue weighted by atomic mass is 79.9. The number of carbonyl (C=O) groups is 1. The van der Waals surface area contributed by atoms with Gasteiger partial charge in [-0.2, -0.15) is 0 Å². The van der Waals surface area contributed by atoms with Gasteiger partial charge < -0.3 is 4.90 Å². The highest BCUT2D eigenvalue weighted by molar-refractivity contribution is 9.09. The molecule has 3 heteroatoms. The fourth-order valence-electron chi connectivity index (χ4n) is 2.18. The molecule has 0 heterocycles. The summed E-state index contributed by atoms with van der Waals surface area (Å²) in [6.45, 7) is 9.59. The van der Waals surface area contributed by atoms with Crippen LogP contribution in [-0.2, 0) is 0 Å². The smallest absolute Gasteiger partial charge is 0.254 e. The molecular formula is C14H20BrNO. The maximum absolute atomic E-state index is 12.4. The highest BCUT2D eigenvalue weighted by Crippen LogP contribution is 2.18. The molecule has 0 saturated carbocycles. The van der Waals surface area contributed by atoms with Crippen LogP contribution in [0.3, 0.4) is 0 Å². The first-order valence-corrected chi connectivity index (χ1v) is 7.06. The van der Waals surface area contributed by atoms with Crippen LogP contribution >= 0.6 is 15.9 Å². The van der Waals surface area contributed by atoms with Gasteiger partial charge in [0, 0.05) is 24.0 Å². The lowest BCUT2D eigenvalue weighted by molar-refractivity contribution is 0.0773. The monoisotopic (exact) mass is 297 g/mol. The van der Waals surface area contributed by atoms with Crippen LogP contribution in [0.2, 0.25) is 0 Å². The minimum atomic E-state index is 0.141. The largest absolute Gasteiger partial charge is 0.338 e. The van der Waals surface area contributed by atoms with E-state index in [0.717, 1.165) is 35.1 Å². The molecule has 0 aliphatic rings. The lowest BCUT2D eigenvalue weighted by Crippen LogP contribution is -2.33. The van der Waals surface area contributed by atoms with E-state index in [9.17, 15) is 4.79 Å². The van der Waals surface area contributed by atoms with Crippen molar-refractivity contribution in [2.24, 2.45) is 0 Å². The summed E-state index contributed by atoms with van der Waals surface area (Å²) >= 11 is 3.39. The van der Waals surface area contributed by atoms with Gasteiger partial charge in [-0.1, -0.05) is 33.6 Å². The fraction of sp³-hybridized carbons (Fsp3) is 0.500. The molecule has 1 aromatic rings. The molecule has 0 N–H and O–H groups in total. The van der Waals surface area contributed by atoms with Crippen LogP contribution in [0.5, 0.6) is 0 Å². The highest BCUT2D eigenvalue weighted by Gasteiger charge is 2.17. The number of alkyl halides is 1. The molecule has 0 unspecified atom stereocenters. The van der Waals surface area contributed by atoms with Gasteiger partial charge in [-0.3, -0.25) is 4.79 Å². The Labute approximate surface area is 112 Å². The summed E-state index contributed by atoms with van der Waals surface area (Å²) in [5, 5.41) is 0.816. The first kappa shape index (κ1) is 14.2. The average molecular weight is 298 g/mol. The van der Waals surface area contributed by atoms with E-state index in [4.69, 9.17) is 0 Å². The zero-order chi connectivity index (χ0) is 13.0. The lowest BCUT2D eigenvalue weighted by atomic mass is 9.99. The van der Waals surface area contributed by atoms with Crippen LogP contribution in [0.1, 0.15) is 34.0 Å². The van der Waals surface area contributed by atoms with Crippen LogP contribution in [0.4, 0.5) is 0 Å². The summed E-state index contributed by atoms with van der Waals surface area (Å²) in [7, 11) is 0. The molecule has 0 radical (unpaired) electrons. The first-order chi connectivity index (χ1) is 8.01. The molecular weight excluding hydrogens is 278 g/mol. The van der Waals surface area contributed by atoms with E-state index >= 15 is 0 Å². The van der Waals surface area contributed by atoms with Gasteiger partial charge in [-0.25, -0.2) is 0 Å². The van der Waals surface area contributed by atoms with E-state index in [1.807, 2.05) is 25.7 Å². The van der Waals surface area contributed by atoms with Crippen molar-refractivity contribution < 1.29 is 4.79 Å². The quantitative estimate of drug-likeness (QED) is 0.779. The molecule has 17 heavy (non-hydrogen) atoms. The number of amides is 1. The normalized spacial score (nSPS) is 10.4. The van der Waals surface area contributed by atoms with Crippen molar-refractivity contribution in [3.8, 4) is 0 Å². The third-order valence-electron chi connectivity index (χ3n) is 2.91. The Kier molecular flexibility index (Phi) is 5.19. The second-order valence-corrected chi connectivity index (χ2v) is 5.14. The maximum atomic E-state index is 12.4. The molecule has 0 aliphatic carbocycles. The van der Waals surface area contributed by atoms with E-state index in [1.54, 1.807) is 0 Å². The predicted molar refractivity (Wildman–Crippen MR) is 76.0 cm³/mol. The van der Waals surface area contributed by atoms with Crippen molar-refractivity contribution in [2.45, 2.75) is 27.7 Å². The average Bonchev–Trinajstić information content (AvgIpc) is 2.24. The van der Waals surface area contributed by atoms with Crippen molar-refractivity contribution in [3.05, 3.63) is 34.4 Å². The Hall–Kier alpha value is -0.830. The maximum Gasteiger partial charge on any atom is 0.254 e. The van der Waals surface area contributed by atoms with Gasteiger partial charge in [0.1, 0.15) is 0 Å². The third-order valence-corrected chi connectivity index (χ3v) is 3.27. The van der Waals surface area contributed by atoms with Crippen molar-refractivity contribution >= 4 is 21.8 Å². The number of aryl methyl sites for hydroxylation is 3. The summed E-state index contributed by atoms with van der Waals surface area (Å²) < 4.78 is 0. The van der Waals surface area contributed by atoms with Crippen LogP contribution < -0.4 is 0 Å². The van der Waals surface area contributed by atoms with E-state index in [0.29, 0.717) is 0 Å². The van der Waals surface area contributed by atoms with Gasteiger partial charge in [-0.05, 0) is 38.8 Å². The van der Waals surface area contributed by atoms with Gasteiger partial charge in [0.05, 0.1) is 0 Å². The zero-order valence-corrected chi connectivity index (χ0v) is 12.6. The van der Waals surface area contributed by atoms with Crippen molar-refractivity contribution in [2.75, 3.05) is 18.4 Å². The van der Waals surface area contributed by atoms with Gasteiger partial charge in [0.15, 0.2) is 0 Å². The molecule has 0 aromatic heterocycles. The number of benzene rings is 1. The number of rotatable bonds is 4. The van der Waals surface area contributed by atoms with E-state index in [1.165, 1.54) is 5.56 Å². The van der Waals surface area contributed by atoms with Crippen LogP contribution in [0.25, 0.3) is 0 Å². The van der Waals surface area contributed by atoms with Crippen molar-refractivity contribution in [1.82, 2.24) is 4.90 Å². The molecule has 1 aromatic carbocycles. The van der Waals surface area contributed by atoms with Gasteiger partial charge in [0.2, 0.25) is 0 Å². The van der Waals surface area contributed by atoms with Crippen LogP contribution in [0, 0.1) is 20.8 Å². The summed E-state index contributed by atoms with van der Waals surface area (Å²) in [6.07, 6.45) is 0. The second-order valence-electron chi connectivity index (χ2n) is 4.35. The molecule has 94 valence electrons. The molecule has 2 nitrogen and oxygen atoms in total. The van der Waals surface area contributed by atoms with E-state index < -0.39 is 0 Å². The topological polar surface area (TPSA) is 20.3 Å². The minimum absolute atomic E-state index is 0.141. The van der Waals surface area contributed by atoms with Gasteiger partial charge in [-0.15, -0.1) is 0 Å². The third kappa shape index (κ3) is 3.32. The molecule has 0 bridgehead atoms. The first-order valence-electron chi connectivity index (χ1n) is 5.94. The Morgan fingerprint density at radius 1 is 1.24 bits per heavy atom. The van der Waals surface area contributed by atoms with Crippen molar-refractivity contribution in [3.63, 3.8) is 0 Å². The molecule has 0 spiro atoms. The summed E-state index contributed by atoms with van der Waals surface area (Å²) in [5.74, 6) is 0.141. The number of hydrogen-bond acceptors (Lipinski definition) is 1. The standard InChI is InChI=1S/C14H20BrNO/c1-5-16(7-6-15)14(17)13-11(3)8-10(2)9-12(13)4/h8-9H,5-7H2,1-4H3. The SMILES string of the molecule is CCN(CCBr)C(=O)c1c(C)cc(C)cc1C. The van der Waals surface area contributed by atoms with Crippen molar-refractivity contribution in [1.29, 1.82) is 0 Å². The number of halogens is 1. The summed E-state index contributed by atoms with van der Waals surface area (Å²) in [6, 6.07) is 4.14. The predicted octanol–water partition coefficient (Wildman–Crippen LogP) is 3.47. The minimum Gasteiger partial charge on any atom is -0.338 e.